The average molecular weight is 240 g/mol. The third kappa shape index (κ3) is 3.20. The van der Waals surface area contributed by atoms with Crippen molar-refractivity contribution < 1.29 is 9.53 Å². The number of rotatable bonds is 5. The van der Waals surface area contributed by atoms with Crippen LogP contribution in [0.3, 0.4) is 0 Å². The Bertz CT molecular complexity index is 518. The van der Waals surface area contributed by atoms with Crippen LogP contribution in [0.5, 0.6) is 5.75 Å². The van der Waals surface area contributed by atoms with Crippen LogP contribution in [0.2, 0.25) is 0 Å². The Hall–Kier alpha value is -2.09. The molecule has 2 aromatic rings. The lowest BCUT2D eigenvalue weighted by Gasteiger charge is -2.08. The molecule has 0 aliphatic heterocycles. The van der Waals surface area contributed by atoms with E-state index in [0.29, 0.717) is 12.2 Å². The van der Waals surface area contributed by atoms with Crippen molar-refractivity contribution in [2.45, 2.75) is 20.0 Å². The number of hydrogen-bond acceptors (Lipinski definition) is 2. The molecule has 0 fully saturated rings. The first-order chi connectivity index (χ1) is 8.81. The summed E-state index contributed by atoms with van der Waals surface area (Å²) in [5, 5.41) is 0. The Labute approximate surface area is 107 Å². The van der Waals surface area contributed by atoms with Gasteiger partial charge in [0.15, 0.2) is 0 Å². The quantitative estimate of drug-likeness (QED) is 0.746. The van der Waals surface area contributed by atoms with Gasteiger partial charge in [-0.15, -0.1) is 0 Å². The van der Waals surface area contributed by atoms with Crippen LogP contribution in [0.1, 0.15) is 28.4 Å². The maximum atomic E-state index is 10.8. The minimum atomic E-state index is 0.520. The SMILES string of the molecule is CCc1cc(C=O)cc(OCc2ccccc2)c1. The number of aldehydes is 1. The second-order valence-electron chi connectivity index (χ2n) is 4.16. The highest BCUT2D eigenvalue weighted by molar-refractivity contribution is 5.76. The highest BCUT2D eigenvalue weighted by atomic mass is 16.5. The summed E-state index contributed by atoms with van der Waals surface area (Å²) >= 11 is 0. The third-order valence-corrected chi connectivity index (χ3v) is 2.78. The summed E-state index contributed by atoms with van der Waals surface area (Å²) in [5.74, 6) is 0.750. The number of ether oxygens (including phenoxy) is 1. The summed E-state index contributed by atoms with van der Waals surface area (Å²) < 4.78 is 5.72. The van der Waals surface area contributed by atoms with Gasteiger partial charge >= 0.3 is 0 Å². The zero-order valence-corrected chi connectivity index (χ0v) is 10.4. The van der Waals surface area contributed by atoms with Gasteiger partial charge in [0.1, 0.15) is 18.6 Å². The van der Waals surface area contributed by atoms with Gasteiger partial charge in [-0.3, -0.25) is 4.79 Å². The minimum absolute atomic E-state index is 0.520. The number of aryl methyl sites for hydroxylation is 1. The third-order valence-electron chi connectivity index (χ3n) is 2.78. The van der Waals surface area contributed by atoms with Crippen molar-refractivity contribution in [1.29, 1.82) is 0 Å². The summed E-state index contributed by atoms with van der Waals surface area (Å²) in [4.78, 5) is 10.8. The highest BCUT2D eigenvalue weighted by Gasteiger charge is 2.01. The van der Waals surface area contributed by atoms with E-state index in [9.17, 15) is 4.79 Å². The average Bonchev–Trinajstić information content (AvgIpc) is 2.45. The van der Waals surface area contributed by atoms with E-state index < -0.39 is 0 Å². The molecule has 2 nitrogen and oxygen atoms in total. The smallest absolute Gasteiger partial charge is 0.150 e. The molecule has 0 unspecified atom stereocenters. The molecule has 2 aromatic carbocycles. The molecule has 2 rings (SSSR count). The van der Waals surface area contributed by atoms with E-state index >= 15 is 0 Å². The van der Waals surface area contributed by atoms with E-state index in [1.54, 1.807) is 6.07 Å². The second-order valence-corrected chi connectivity index (χ2v) is 4.16. The standard InChI is InChI=1S/C16H16O2/c1-2-13-8-15(11-17)10-16(9-13)18-12-14-6-4-3-5-7-14/h3-11H,2,12H2,1H3. The van der Waals surface area contributed by atoms with Gasteiger partial charge in [0, 0.05) is 5.56 Å². The van der Waals surface area contributed by atoms with Crippen LogP contribution in [0.25, 0.3) is 0 Å². The van der Waals surface area contributed by atoms with E-state index in [4.69, 9.17) is 4.74 Å². The van der Waals surface area contributed by atoms with Crippen molar-refractivity contribution in [3.63, 3.8) is 0 Å². The monoisotopic (exact) mass is 240 g/mol. The van der Waals surface area contributed by atoms with Gasteiger partial charge in [0.25, 0.3) is 0 Å². The summed E-state index contributed by atoms with van der Waals surface area (Å²) in [6.45, 7) is 2.58. The Morgan fingerprint density at radius 2 is 1.83 bits per heavy atom. The van der Waals surface area contributed by atoms with E-state index in [1.165, 1.54) is 0 Å². The lowest BCUT2D eigenvalue weighted by molar-refractivity contribution is 0.112. The summed E-state index contributed by atoms with van der Waals surface area (Å²) in [7, 11) is 0. The largest absolute Gasteiger partial charge is 0.489 e. The van der Waals surface area contributed by atoms with E-state index in [0.717, 1.165) is 29.6 Å². The Morgan fingerprint density at radius 3 is 2.50 bits per heavy atom. The molecule has 0 spiro atoms. The molecule has 0 N–H and O–H groups in total. The van der Waals surface area contributed by atoms with E-state index in [-0.39, 0.29) is 0 Å². The van der Waals surface area contributed by atoms with Crippen LogP contribution < -0.4 is 4.74 Å². The van der Waals surface area contributed by atoms with Gasteiger partial charge in [-0.25, -0.2) is 0 Å². The van der Waals surface area contributed by atoms with E-state index in [1.807, 2.05) is 42.5 Å². The minimum Gasteiger partial charge on any atom is -0.489 e. The molecule has 0 bridgehead atoms. The topological polar surface area (TPSA) is 26.3 Å². The van der Waals surface area contributed by atoms with Crippen molar-refractivity contribution in [2.75, 3.05) is 0 Å². The van der Waals surface area contributed by atoms with Crippen molar-refractivity contribution in [1.82, 2.24) is 0 Å². The molecular weight excluding hydrogens is 224 g/mol. The second kappa shape index (κ2) is 6.01. The van der Waals surface area contributed by atoms with E-state index in [2.05, 4.69) is 6.92 Å². The molecule has 0 radical (unpaired) electrons. The molecule has 18 heavy (non-hydrogen) atoms. The Kier molecular flexibility index (Phi) is 4.13. The van der Waals surface area contributed by atoms with Gasteiger partial charge in [-0.05, 0) is 35.7 Å². The maximum Gasteiger partial charge on any atom is 0.150 e. The van der Waals surface area contributed by atoms with Gasteiger partial charge < -0.3 is 4.74 Å². The van der Waals surface area contributed by atoms with Gasteiger partial charge in [0.05, 0.1) is 0 Å². The fraction of sp³-hybridized carbons (Fsp3) is 0.188. The lowest BCUT2D eigenvalue weighted by Crippen LogP contribution is -1.97. The fourth-order valence-electron chi connectivity index (χ4n) is 1.78. The predicted octanol–water partition coefficient (Wildman–Crippen LogP) is 3.64. The maximum absolute atomic E-state index is 10.8. The van der Waals surface area contributed by atoms with Crippen LogP contribution in [0.4, 0.5) is 0 Å². The molecular formula is C16H16O2. The van der Waals surface area contributed by atoms with Crippen molar-refractivity contribution in [3.05, 3.63) is 65.2 Å². The van der Waals surface area contributed by atoms with Crippen LogP contribution >= 0.6 is 0 Å². The summed E-state index contributed by atoms with van der Waals surface area (Å²) in [6, 6.07) is 15.6. The lowest BCUT2D eigenvalue weighted by atomic mass is 10.1. The molecule has 0 aliphatic carbocycles. The Balaban J connectivity index is 2.11. The van der Waals surface area contributed by atoms with Crippen LogP contribution in [-0.4, -0.2) is 6.29 Å². The normalized spacial score (nSPS) is 10.1. The van der Waals surface area contributed by atoms with Gasteiger partial charge in [-0.1, -0.05) is 37.3 Å². The van der Waals surface area contributed by atoms with Crippen molar-refractivity contribution in [3.8, 4) is 5.75 Å². The van der Waals surface area contributed by atoms with Gasteiger partial charge in [0.2, 0.25) is 0 Å². The molecule has 0 saturated carbocycles. The molecule has 0 aromatic heterocycles. The number of carbonyl (C=O) groups excluding carboxylic acids is 1. The first-order valence-corrected chi connectivity index (χ1v) is 6.07. The number of hydrogen-bond donors (Lipinski definition) is 0. The first kappa shape index (κ1) is 12.4. The summed E-state index contributed by atoms with van der Waals surface area (Å²) in [5.41, 5.74) is 2.90. The Morgan fingerprint density at radius 1 is 1.06 bits per heavy atom. The van der Waals surface area contributed by atoms with Crippen LogP contribution in [0.15, 0.2) is 48.5 Å². The number of carbonyl (C=O) groups is 1. The van der Waals surface area contributed by atoms with Crippen LogP contribution in [-0.2, 0) is 13.0 Å². The number of benzene rings is 2. The van der Waals surface area contributed by atoms with Gasteiger partial charge in [-0.2, -0.15) is 0 Å². The fourth-order valence-corrected chi connectivity index (χ4v) is 1.78. The highest BCUT2D eigenvalue weighted by Crippen LogP contribution is 2.18. The molecule has 0 amide bonds. The van der Waals surface area contributed by atoms with Crippen molar-refractivity contribution >= 4 is 6.29 Å². The summed E-state index contributed by atoms with van der Waals surface area (Å²) in [6.07, 6.45) is 1.75. The van der Waals surface area contributed by atoms with Crippen LogP contribution in [0, 0.1) is 0 Å². The molecule has 0 heterocycles. The zero-order valence-electron chi connectivity index (χ0n) is 10.4. The zero-order chi connectivity index (χ0) is 12.8. The first-order valence-electron chi connectivity index (χ1n) is 6.07. The molecule has 92 valence electrons. The predicted molar refractivity (Wildman–Crippen MR) is 72.0 cm³/mol. The van der Waals surface area contributed by atoms with Crippen molar-refractivity contribution in [2.24, 2.45) is 0 Å². The molecule has 0 atom stereocenters. The molecule has 0 saturated heterocycles. The molecule has 0 aliphatic rings. The molecule has 2 heteroatoms.